The zero-order valence-corrected chi connectivity index (χ0v) is 32.1. The van der Waals surface area contributed by atoms with E-state index in [0.717, 1.165) is 44.9 Å². The highest BCUT2D eigenvalue weighted by molar-refractivity contribution is 7.47. The Morgan fingerprint density at radius 3 is 1.54 bits per heavy atom. The topological polar surface area (TPSA) is 117 Å². The van der Waals surface area contributed by atoms with Crippen molar-refractivity contribution in [2.24, 2.45) is 5.73 Å². The molecule has 3 N–H and O–H groups in total. The van der Waals surface area contributed by atoms with Gasteiger partial charge < -0.3 is 20.1 Å². The Kier molecular flexibility index (Phi) is 36.2. The molecule has 0 spiro atoms. The Hall–Kier alpha value is -1.18. The monoisotopic (exact) mass is 702 g/mol. The van der Waals surface area contributed by atoms with Crippen molar-refractivity contribution in [2.45, 2.75) is 193 Å². The Labute approximate surface area is 296 Å². The number of esters is 1. The lowest BCUT2D eigenvalue weighted by atomic mass is 10.0. The molecule has 2 unspecified atom stereocenters. The summed E-state index contributed by atoms with van der Waals surface area (Å²) in [4.78, 5) is 22.4. The first-order valence-corrected chi connectivity index (χ1v) is 21.4. The van der Waals surface area contributed by atoms with Crippen molar-refractivity contribution in [3.8, 4) is 0 Å². The number of phosphoric acid groups is 1. The summed E-state index contributed by atoms with van der Waals surface area (Å²) in [6.45, 7) is 4.23. The Morgan fingerprint density at radius 1 is 0.625 bits per heavy atom. The molecule has 9 heteroatoms. The largest absolute Gasteiger partial charge is 0.498 e. The van der Waals surface area contributed by atoms with E-state index in [2.05, 4.69) is 26.0 Å². The maximum absolute atomic E-state index is 12.5. The van der Waals surface area contributed by atoms with E-state index in [1.165, 1.54) is 122 Å². The van der Waals surface area contributed by atoms with Crippen LogP contribution in [0, 0.1) is 0 Å². The molecule has 0 saturated carbocycles. The highest BCUT2D eigenvalue weighted by Crippen LogP contribution is 2.43. The number of ether oxygens (including phenoxy) is 2. The van der Waals surface area contributed by atoms with E-state index in [-0.39, 0.29) is 32.3 Å². The Balaban J connectivity index is 4.13. The van der Waals surface area contributed by atoms with E-state index >= 15 is 0 Å². The predicted molar refractivity (Wildman–Crippen MR) is 201 cm³/mol. The second-order valence-electron chi connectivity index (χ2n) is 13.2. The van der Waals surface area contributed by atoms with Gasteiger partial charge in [-0.1, -0.05) is 148 Å². The fourth-order valence-corrected chi connectivity index (χ4v) is 6.25. The molecule has 8 nitrogen and oxygen atoms in total. The van der Waals surface area contributed by atoms with E-state index in [0.29, 0.717) is 6.42 Å². The minimum Gasteiger partial charge on any atom is -0.498 e. The minimum absolute atomic E-state index is 0.0317. The SMILES string of the molecule is CCCCCCCC/C=C/CCCCCCCC(=O)OC(CO/C=C/CCCCCCCCCCCCCC)COP(=O)(O)OCCN. The molecule has 0 aromatic carbocycles. The number of hydrogen-bond acceptors (Lipinski definition) is 7. The highest BCUT2D eigenvalue weighted by Gasteiger charge is 2.25. The first kappa shape index (κ1) is 46.8. The molecule has 0 radical (unpaired) electrons. The maximum atomic E-state index is 12.5. The summed E-state index contributed by atoms with van der Waals surface area (Å²) < 4.78 is 33.1. The van der Waals surface area contributed by atoms with Crippen molar-refractivity contribution in [3.05, 3.63) is 24.5 Å². The van der Waals surface area contributed by atoms with Gasteiger partial charge in [-0.3, -0.25) is 13.8 Å². The van der Waals surface area contributed by atoms with Crippen LogP contribution in [0.3, 0.4) is 0 Å². The molecule has 0 rings (SSSR count). The smallest absolute Gasteiger partial charge is 0.472 e. The molecule has 284 valence electrons. The molecule has 0 aliphatic rings. The van der Waals surface area contributed by atoms with Gasteiger partial charge in [0.05, 0.1) is 19.5 Å². The fourth-order valence-electron chi connectivity index (χ4n) is 5.49. The third kappa shape index (κ3) is 36.1. The van der Waals surface area contributed by atoms with Gasteiger partial charge in [0, 0.05) is 13.0 Å². The summed E-state index contributed by atoms with van der Waals surface area (Å²) >= 11 is 0. The summed E-state index contributed by atoms with van der Waals surface area (Å²) in [5, 5.41) is 0. The van der Waals surface area contributed by atoms with Gasteiger partial charge in [0.15, 0.2) is 6.10 Å². The van der Waals surface area contributed by atoms with E-state index in [1.807, 2.05) is 6.08 Å². The predicted octanol–water partition coefficient (Wildman–Crippen LogP) is 11.6. The molecule has 0 aliphatic heterocycles. The highest BCUT2D eigenvalue weighted by atomic mass is 31.2. The molecule has 48 heavy (non-hydrogen) atoms. The van der Waals surface area contributed by atoms with Crippen molar-refractivity contribution in [3.63, 3.8) is 0 Å². The summed E-state index contributed by atoms with van der Waals surface area (Å²) in [5.41, 5.74) is 5.35. The molecule has 0 aromatic heterocycles. The van der Waals surface area contributed by atoms with Gasteiger partial charge in [0.25, 0.3) is 0 Å². The van der Waals surface area contributed by atoms with E-state index in [1.54, 1.807) is 6.26 Å². The van der Waals surface area contributed by atoms with E-state index in [4.69, 9.17) is 24.3 Å². The first-order chi connectivity index (χ1) is 23.4. The molecule has 0 fully saturated rings. The lowest BCUT2D eigenvalue weighted by Crippen LogP contribution is -2.27. The third-order valence-corrected chi connectivity index (χ3v) is 9.42. The van der Waals surface area contributed by atoms with Gasteiger partial charge in [0.1, 0.15) is 6.61 Å². The van der Waals surface area contributed by atoms with E-state index < -0.39 is 13.9 Å². The molecule has 0 aliphatic carbocycles. The third-order valence-electron chi connectivity index (χ3n) is 8.44. The van der Waals surface area contributed by atoms with Crippen LogP contribution in [-0.4, -0.2) is 43.3 Å². The van der Waals surface area contributed by atoms with Gasteiger partial charge in [0.2, 0.25) is 0 Å². The van der Waals surface area contributed by atoms with Crippen LogP contribution in [-0.2, 0) is 27.9 Å². The molecular formula is C39H76NO7P. The van der Waals surface area contributed by atoms with Crippen molar-refractivity contribution < 1.29 is 32.8 Å². The van der Waals surface area contributed by atoms with Gasteiger partial charge in [-0.2, -0.15) is 0 Å². The number of phosphoric ester groups is 1. The normalized spacial score (nSPS) is 13.8. The van der Waals surface area contributed by atoms with Crippen LogP contribution in [0.5, 0.6) is 0 Å². The average molecular weight is 702 g/mol. The van der Waals surface area contributed by atoms with Crippen LogP contribution >= 0.6 is 7.82 Å². The van der Waals surface area contributed by atoms with Crippen LogP contribution in [0.1, 0.15) is 187 Å². The number of carbonyl (C=O) groups excluding carboxylic acids is 1. The standard InChI is InChI=1S/C39H76NO7P/c1-3-5-7-9-11-13-15-17-19-20-22-24-26-28-30-32-39(41)47-38(37-46-48(42,43)45-35-33-40)36-44-34-31-29-27-25-23-21-18-16-14-12-10-8-6-4-2/h17,19,31,34,38H,3-16,18,20-30,32-33,35-37,40H2,1-2H3,(H,42,43)/b19-17+,34-31+. The number of hydrogen-bond donors (Lipinski definition) is 2. The summed E-state index contributed by atoms with van der Waals surface area (Å²) in [5.74, 6) is -0.360. The van der Waals surface area contributed by atoms with Gasteiger partial charge in [-0.05, 0) is 51.0 Å². The average Bonchev–Trinajstić information content (AvgIpc) is 3.07. The lowest BCUT2D eigenvalue weighted by molar-refractivity contribution is -0.153. The van der Waals surface area contributed by atoms with Crippen molar-refractivity contribution in [2.75, 3.05) is 26.4 Å². The van der Waals surface area contributed by atoms with Gasteiger partial charge in [-0.25, -0.2) is 4.57 Å². The number of carbonyl (C=O) groups is 1. The van der Waals surface area contributed by atoms with Gasteiger partial charge in [-0.15, -0.1) is 0 Å². The Morgan fingerprint density at radius 2 is 1.06 bits per heavy atom. The molecule has 0 aromatic rings. The van der Waals surface area contributed by atoms with Crippen LogP contribution in [0.25, 0.3) is 0 Å². The number of unbranched alkanes of at least 4 members (excludes halogenated alkanes) is 23. The van der Waals surface area contributed by atoms with Crippen LogP contribution in [0.15, 0.2) is 24.5 Å². The second kappa shape index (κ2) is 37.1. The Bertz CT molecular complexity index is 792. The number of nitrogens with two attached hydrogens (primary N) is 1. The van der Waals surface area contributed by atoms with Gasteiger partial charge >= 0.3 is 13.8 Å². The number of rotatable bonds is 38. The van der Waals surface area contributed by atoms with Crippen molar-refractivity contribution >= 4 is 13.8 Å². The van der Waals surface area contributed by atoms with Crippen LogP contribution in [0.2, 0.25) is 0 Å². The molecule has 0 saturated heterocycles. The summed E-state index contributed by atoms with van der Waals surface area (Å²) in [6.07, 6.45) is 39.9. The summed E-state index contributed by atoms with van der Waals surface area (Å²) in [7, 11) is -4.29. The molecule has 2 atom stereocenters. The summed E-state index contributed by atoms with van der Waals surface area (Å²) in [6, 6.07) is 0. The minimum atomic E-state index is -4.29. The van der Waals surface area contributed by atoms with Crippen molar-refractivity contribution in [1.29, 1.82) is 0 Å². The number of allylic oxidation sites excluding steroid dienone is 3. The molecule has 0 amide bonds. The molecular weight excluding hydrogens is 625 g/mol. The van der Waals surface area contributed by atoms with E-state index in [9.17, 15) is 14.3 Å². The lowest BCUT2D eigenvalue weighted by Gasteiger charge is -2.19. The first-order valence-electron chi connectivity index (χ1n) is 19.9. The van der Waals surface area contributed by atoms with Crippen LogP contribution < -0.4 is 5.73 Å². The second-order valence-corrected chi connectivity index (χ2v) is 14.7. The maximum Gasteiger partial charge on any atom is 0.472 e. The van der Waals surface area contributed by atoms with Crippen LogP contribution in [0.4, 0.5) is 0 Å². The molecule has 0 bridgehead atoms. The zero-order chi connectivity index (χ0) is 35.2. The zero-order valence-electron chi connectivity index (χ0n) is 31.2. The quantitative estimate of drug-likeness (QED) is 0.0215. The van der Waals surface area contributed by atoms with Crippen molar-refractivity contribution in [1.82, 2.24) is 0 Å². The molecule has 0 heterocycles. The fraction of sp³-hybridized carbons (Fsp3) is 0.872.